The Balaban J connectivity index is 1.90. The predicted octanol–water partition coefficient (Wildman–Crippen LogP) is 2.27. The number of halogens is 1. The zero-order chi connectivity index (χ0) is 12.7. The van der Waals surface area contributed by atoms with Gasteiger partial charge in [0.1, 0.15) is 0 Å². The van der Waals surface area contributed by atoms with Crippen molar-refractivity contribution in [2.45, 2.75) is 25.4 Å². The van der Waals surface area contributed by atoms with E-state index in [0.29, 0.717) is 23.3 Å². The van der Waals surface area contributed by atoms with Gasteiger partial charge in [0.05, 0.1) is 6.54 Å². The number of rotatable bonds is 3. The molecule has 1 aromatic heterocycles. The van der Waals surface area contributed by atoms with E-state index in [-0.39, 0.29) is 5.69 Å². The lowest BCUT2D eigenvalue weighted by molar-refractivity contribution is 0.657. The quantitative estimate of drug-likeness (QED) is 0.864. The molecule has 0 atom stereocenters. The van der Waals surface area contributed by atoms with Crippen molar-refractivity contribution in [3.05, 3.63) is 51.7 Å². The molecule has 0 aliphatic heterocycles. The van der Waals surface area contributed by atoms with Crippen LogP contribution in [-0.2, 0) is 6.54 Å². The maximum Gasteiger partial charge on any atom is 0.328 e. The molecular weight excluding hydrogens is 250 g/mol. The van der Waals surface area contributed by atoms with Crippen molar-refractivity contribution in [3.8, 4) is 0 Å². The van der Waals surface area contributed by atoms with Crippen LogP contribution in [0.15, 0.2) is 35.4 Å². The van der Waals surface area contributed by atoms with Crippen LogP contribution in [0.1, 0.15) is 24.4 Å². The zero-order valence-corrected chi connectivity index (χ0v) is 10.6. The second-order valence-electron chi connectivity index (χ2n) is 4.69. The Morgan fingerprint density at radius 2 is 2.11 bits per heavy atom. The molecule has 5 heteroatoms. The minimum Gasteiger partial charge on any atom is -0.398 e. The maximum absolute atomic E-state index is 12.1. The highest BCUT2D eigenvalue weighted by molar-refractivity contribution is 6.30. The lowest BCUT2D eigenvalue weighted by Gasteiger charge is -2.06. The van der Waals surface area contributed by atoms with Crippen molar-refractivity contribution in [2.75, 3.05) is 5.73 Å². The fourth-order valence-corrected chi connectivity index (χ4v) is 2.25. The molecule has 1 saturated carbocycles. The van der Waals surface area contributed by atoms with Crippen molar-refractivity contribution in [2.24, 2.45) is 0 Å². The summed E-state index contributed by atoms with van der Waals surface area (Å²) in [6.07, 6.45) is 5.88. The molecule has 0 spiro atoms. The molecule has 94 valence electrons. The second kappa shape index (κ2) is 4.21. The molecule has 3 rings (SSSR count). The van der Waals surface area contributed by atoms with Gasteiger partial charge in [0, 0.05) is 29.1 Å². The third-order valence-electron chi connectivity index (χ3n) is 3.26. The fourth-order valence-electron chi connectivity index (χ4n) is 2.07. The van der Waals surface area contributed by atoms with Crippen molar-refractivity contribution in [1.82, 2.24) is 9.13 Å². The largest absolute Gasteiger partial charge is 0.398 e. The van der Waals surface area contributed by atoms with Crippen LogP contribution >= 0.6 is 11.6 Å². The molecule has 1 aromatic carbocycles. The minimum absolute atomic E-state index is 0.0341. The van der Waals surface area contributed by atoms with E-state index < -0.39 is 0 Å². The number of benzene rings is 1. The van der Waals surface area contributed by atoms with Crippen LogP contribution in [0.4, 0.5) is 5.69 Å². The molecule has 1 aliphatic carbocycles. The number of nitrogens with zero attached hydrogens (tertiary/aromatic N) is 2. The number of hydrogen-bond donors (Lipinski definition) is 1. The SMILES string of the molecule is Nc1cc(Cl)ccc1Cn1ccn(C2CC2)c1=O. The minimum atomic E-state index is 0.0341. The molecule has 1 heterocycles. The smallest absolute Gasteiger partial charge is 0.328 e. The average Bonchev–Trinajstić information content (AvgIpc) is 3.10. The fraction of sp³-hybridized carbons (Fsp3) is 0.308. The summed E-state index contributed by atoms with van der Waals surface area (Å²) in [5.41, 5.74) is 7.46. The third kappa shape index (κ3) is 2.04. The molecular formula is C13H14ClN3O. The first-order valence-corrected chi connectivity index (χ1v) is 6.34. The normalized spacial score (nSPS) is 14.9. The first-order chi connectivity index (χ1) is 8.65. The van der Waals surface area contributed by atoms with Crippen molar-refractivity contribution in [1.29, 1.82) is 0 Å². The Hall–Kier alpha value is -1.68. The van der Waals surface area contributed by atoms with E-state index >= 15 is 0 Å². The summed E-state index contributed by atoms with van der Waals surface area (Å²) >= 11 is 5.85. The highest BCUT2D eigenvalue weighted by atomic mass is 35.5. The Morgan fingerprint density at radius 1 is 1.33 bits per heavy atom. The topological polar surface area (TPSA) is 52.9 Å². The van der Waals surface area contributed by atoms with Crippen molar-refractivity contribution < 1.29 is 0 Å². The Labute approximate surface area is 110 Å². The van der Waals surface area contributed by atoms with Crippen LogP contribution in [0.2, 0.25) is 5.02 Å². The van der Waals surface area contributed by atoms with Crippen LogP contribution in [0, 0.1) is 0 Å². The standard InChI is InChI=1S/C13H14ClN3O/c14-10-2-1-9(12(15)7-10)8-16-5-6-17(13(16)18)11-3-4-11/h1-2,5-7,11H,3-4,8,15H2. The number of imidazole rings is 1. The van der Waals surface area contributed by atoms with Gasteiger partial charge in [0.15, 0.2) is 0 Å². The molecule has 0 amide bonds. The molecule has 2 aromatic rings. The number of nitrogens with two attached hydrogens (primary N) is 1. The number of anilines is 1. The summed E-state index contributed by atoms with van der Waals surface area (Å²) in [6.45, 7) is 0.488. The van der Waals surface area contributed by atoms with Gasteiger partial charge in [-0.15, -0.1) is 0 Å². The van der Waals surface area contributed by atoms with Gasteiger partial charge < -0.3 is 5.73 Å². The van der Waals surface area contributed by atoms with Crippen LogP contribution in [0.25, 0.3) is 0 Å². The van der Waals surface area contributed by atoms with E-state index in [4.69, 9.17) is 17.3 Å². The lowest BCUT2D eigenvalue weighted by Crippen LogP contribution is -2.24. The molecule has 0 saturated heterocycles. The summed E-state index contributed by atoms with van der Waals surface area (Å²) in [5, 5.41) is 0.610. The maximum atomic E-state index is 12.1. The first kappa shape index (κ1) is 11.4. The van der Waals surface area contributed by atoms with E-state index in [9.17, 15) is 4.79 Å². The zero-order valence-electron chi connectivity index (χ0n) is 9.84. The van der Waals surface area contributed by atoms with Gasteiger partial charge in [0.25, 0.3) is 0 Å². The summed E-state index contributed by atoms with van der Waals surface area (Å²) in [7, 11) is 0. The highest BCUT2D eigenvalue weighted by Crippen LogP contribution is 2.33. The van der Waals surface area contributed by atoms with Crippen LogP contribution in [0.3, 0.4) is 0 Å². The molecule has 2 N–H and O–H groups in total. The van der Waals surface area contributed by atoms with E-state index in [1.807, 2.05) is 18.5 Å². The van der Waals surface area contributed by atoms with Crippen LogP contribution < -0.4 is 11.4 Å². The number of aromatic nitrogens is 2. The van der Waals surface area contributed by atoms with Gasteiger partial charge in [-0.3, -0.25) is 9.13 Å². The molecule has 0 bridgehead atoms. The average molecular weight is 264 g/mol. The summed E-state index contributed by atoms with van der Waals surface area (Å²) in [4.78, 5) is 12.1. The molecule has 1 aliphatic rings. The van der Waals surface area contributed by atoms with Crippen molar-refractivity contribution >= 4 is 17.3 Å². The Bertz CT molecular complexity index is 640. The Kier molecular flexibility index (Phi) is 2.67. The molecule has 0 radical (unpaired) electrons. The van der Waals surface area contributed by atoms with E-state index in [1.165, 1.54) is 0 Å². The summed E-state index contributed by atoms with van der Waals surface area (Å²) in [6, 6.07) is 5.76. The second-order valence-corrected chi connectivity index (χ2v) is 5.13. The Morgan fingerprint density at radius 3 is 2.78 bits per heavy atom. The molecule has 18 heavy (non-hydrogen) atoms. The predicted molar refractivity (Wildman–Crippen MR) is 71.9 cm³/mol. The molecule has 0 unspecified atom stereocenters. The van der Waals surface area contributed by atoms with Gasteiger partial charge in [-0.2, -0.15) is 0 Å². The summed E-state index contributed by atoms with van der Waals surface area (Å²) in [5.74, 6) is 0. The van der Waals surface area contributed by atoms with E-state index in [0.717, 1.165) is 18.4 Å². The van der Waals surface area contributed by atoms with Crippen LogP contribution in [0.5, 0.6) is 0 Å². The van der Waals surface area contributed by atoms with Gasteiger partial charge >= 0.3 is 5.69 Å². The van der Waals surface area contributed by atoms with Gasteiger partial charge in [-0.05, 0) is 30.5 Å². The van der Waals surface area contributed by atoms with Crippen molar-refractivity contribution in [3.63, 3.8) is 0 Å². The lowest BCUT2D eigenvalue weighted by atomic mass is 10.2. The highest BCUT2D eigenvalue weighted by Gasteiger charge is 2.25. The van der Waals surface area contributed by atoms with Gasteiger partial charge in [-0.25, -0.2) is 4.79 Å². The van der Waals surface area contributed by atoms with Gasteiger partial charge in [0.2, 0.25) is 0 Å². The monoisotopic (exact) mass is 263 g/mol. The van der Waals surface area contributed by atoms with Gasteiger partial charge in [-0.1, -0.05) is 17.7 Å². The van der Waals surface area contributed by atoms with E-state index in [1.54, 1.807) is 21.3 Å². The summed E-state index contributed by atoms with van der Waals surface area (Å²) < 4.78 is 3.48. The molecule has 1 fully saturated rings. The first-order valence-electron chi connectivity index (χ1n) is 5.96. The number of hydrogen-bond acceptors (Lipinski definition) is 2. The number of nitrogen functional groups attached to an aromatic ring is 1. The molecule has 4 nitrogen and oxygen atoms in total. The van der Waals surface area contributed by atoms with Crippen LogP contribution in [-0.4, -0.2) is 9.13 Å². The third-order valence-corrected chi connectivity index (χ3v) is 3.50. The van der Waals surface area contributed by atoms with E-state index in [2.05, 4.69) is 0 Å².